The smallest absolute Gasteiger partial charge is 0.418 e. The van der Waals surface area contributed by atoms with Gasteiger partial charge < -0.3 is 19.7 Å². The lowest BCUT2D eigenvalue weighted by molar-refractivity contribution is -0.136. The number of likely N-dealkylation sites (tertiary alicyclic amines) is 1. The molecule has 2 amide bonds. The molecule has 31 heavy (non-hydrogen) atoms. The van der Waals surface area contributed by atoms with E-state index >= 15 is 0 Å². The number of pyridine rings is 1. The van der Waals surface area contributed by atoms with Crippen LogP contribution in [0, 0.1) is 0 Å². The number of halogens is 3. The van der Waals surface area contributed by atoms with E-state index in [1.807, 2.05) is 13.8 Å². The first kappa shape index (κ1) is 23.1. The lowest BCUT2D eigenvalue weighted by atomic mass is 9.95. The van der Waals surface area contributed by atoms with Crippen molar-refractivity contribution in [3.8, 4) is 5.88 Å². The first-order valence-electron chi connectivity index (χ1n) is 9.90. The summed E-state index contributed by atoms with van der Waals surface area (Å²) in [5, 5.41) is 3.77. The monoisotopic (exact) mass is 459 g/mol. The summed E-state index contributed by atoms with van der Waals surface area (Å²) in [5.74, 6) is -0.716. The number of alkyl halides is 3. The van der Waals surface area contributed by atoms with Crippen molar-refractivity contribution in [2.24, 2.45) is 0 Å². The van der Waals surface area contributed by atoms with Crippen LogP contribution in [0.2, 0.25) is 0 Å². The summed E-state index contributed by atoms with van der Waals surface area (Å²) in [6.45, 7) is 5.65. The van der Waals surface area contributed by atoms with Crippen LogP contribution in [0.5, 0.6) is 5.88 Å². The average Bonchev–Trinajstić information content (AvgIpc) is 3.09. The van der Waals surface area contributed by atoms with Crippen molar-refractivity contribution >= 4 is 33.6 Å². The Morgan fingerprint density at radius 3 is 2.48 bits per heavy atom. The first-order valence-corrected chi connectivity index (χ1v) is 10.8. The van der Waals surface area contributed by atoms with Crippen molar-refractivity contribution in [2.75, 3.05) is 13.7 Å². The minimum Gasteiger partial charge on any atom is -0.474 e. The Morgan fingerprint density at radius 2 is 1.94 bits per heavy atom. The normalized spacial score (nSPS) is 21.8. The molecule has 1 fully saturated rings. The quantitative estimate of drug-likeness (QED) is 0.731. The maximum atomic E-state index is 13.7. The number of ether oxygens (including phenoxy) is 2. The highest BCUT2D eigenvalue weighted by Crippen LogP contribution is 2.40. The predicted octanol–water partition coefficient (Wildman–Crippen LogP) is 4.45. The fourth-order valence-electron chi connectivity index (χ4n) is 3.90. The summed E-state index contributed by atoms with van der Waals surface area (Å²) < 4.78 is 51.8. The van der Waals surface area contributed by atoms with Crippen LogP contribution >= 0.6 is 11.3 Å². The van der Waals surface area contributed by atoms with Crippen LogP contribution < -0.4 is 10.1 Å². The number of piperidine rings is 1. The minimum atomic E-state index is -4.63. The topological polar surface area (TPSA) is 80.8 Å². The third-order valence-corrected chi connectivity index (χ3v) is 6.20. The molecule has 1 aliphatic rings. The molecule has 1 N–H and O–H groups in total. The molecule has 2 aromatic rings. The van der Waals surface area contributed by atoms with Gasteiger partial charge in [-0.3, -0.25) is 4.79 Å². The minimum absolute atomic E-state index is 0.0424. The summed E-state index contributed by atoms with van der Waals surface area (Å²) in [7, 11) is 1.40. The second-order valence-electron chi connectivity index (χ2n) is 7.43. The predicted molar refractivity (Wildman–Crippen MR) is 109 cm³/mol. The van der Waals surface area contributed by atoms with Gasteiger partial charge in [-0.15, -0.1) is 11.3 Å². The molecule has 1 saturated heterocycles. The number of amides is 2. The van der Waals surface area contributed by atoms with Gasteiger partial charge in [-0.25, -0.2) is 9.78 Å². The molecule has 0 saturated carbocycles. The average molecular weight is 459 g/mol. The molecule has 0 bridgehead atoms. The molecule has 2 aromatic heterocycles. The Labute approximate surface area is 181 Å². The maximum absolute atomic E-state index is 13.7. The zero-order valence-electron chi connectivity index (χ0n) is 17.6. The Balaban J connectivity index is 1.91. The summed E-state index contributed by atoms with van der Waals surface area (Å²) in [5.41, 5.74) is -0.866. The van der Waals surface area contributed by atoms with E-state index in [1.165, 1.54) is 12.4 Å². The van der Waals surface area contributed by atoms with E-state index in [0.717, 1.165) is 17.4 Å². The SMILES string of the molecule is CCOC(=O)N1[C@H](C)CC(Oc2cc(C(F)(F)F)c3scc(C(=O)NC)c3n2)C[C@H]1C. The van der Waals surface area contributed by atoms with E-state index < -0.39 is 29.8 Å². The van der Waals surface area contributed by atoms with Crippen LogP contribution in [-0.4, -0.2) is 53.7 Å². The van der Waals surface area contributed by atoms with Gasteiger partial charge in [0, 0.05) is 43.4 Å². The Kier molecular flexibility index (Phi) is 6.63. The van der Waals surface area contributed by atoms with Gasteiger partial charge in [0.1, 0.15) is 6.10 Å². The van der Waals surface area contributed by atoms with Gasteiger partial charge in [0.15, 0.2) is 0 Å². The van der Waals surface area contributed by atoms with Crippen molar-refractivity contribution in [3.63, 3.8) is 0 Å². The second kappa shape index (κ2) is 8.89. The largest absolute Gasteiger partial charge is 0.474 e. The number of nitrogens with one attached hydrogen (secondary N) is 1. The Morgan fingerprint density at radius 1 is 1.29 bits per heavy atom. The van der Waals surface area contributed by atoms with Crippen molar-refractivity contribution < 1.29 is 32.2 Å². The van der Waals surface area contributed by atoms with Crippen molar-refractivity contribution in [1.82, 2.24) is 15.2 Å². The number of carbonyl (C=O) groups excluding carboxylic acids is 2. The van der Waals surface area contributed by atoms with Crippen LogP contribution in [0.1, 0.15) is 49.5 Å². The summed E-state index contributed by atoms with van der Waals surface area (Å²) >= 11 is 0.818. The number of hydrogen-bond donors (Lipinski definition) is 1. The van der Waals surface area contributed by atoms with Gasteiger partial charge in [0.2, 0.25) is 5.88 Å². The van der Waals surface area contributed by atoms with Gasteiger partial charge >= 0.3 is 12.3 Å². The molecule has 7 nitrogen and oxygen atoms in total. The van der Waals surface area contributed by atoms with E-state index in [4.69, 9.17) is 9.47 Å². The third-order valence-electron chi connectivity index (χ3n) is 5.20. The van der Waals surface area contributed by atoms with Crippen molar-refractivity contribution in [2.45, 2.75) is 58.0 Å². The van der Waals surface area contributed by atoms with E-state index in [1.54, 1.807) is 11.8 Å². The van der Waals surface area contributed by atoms with Gasteiger partial charge in [0.05, 0.1) is 28.0 Å². The van der Waals surface area contributed by atoms with Crippen LogP contribution in [0.4, 0.5) is 18.0 Å². The molecule has 2 atom stereocenters. The lowest BCUT2D eigenvalue weighted by Gasteiger charge is -2.41. The molecule has 0 aromatic carbocycles. The van der Waals surface area contributed by atoms with E-state index in [0.29, 0.717) is 12.8 Å². The molecule has 0 aliphatic carbocycles. The highest BCUT2D eigenvalue weighted by Gasteiger charge is 2.38. The first-order chi connectivity index (χ1) is 14.6. The highest BCUT2D eigenvalue weighted by atomic mass is 32.1. The summed E-state index contributed by atoms with van der Waals surface area (Å²) in [6.07, 6.45) is -4.67. The Bertz CT molecular complexity index is 966. The van der Waals surface area contributed by atoms with Gasteiger partial charge in [-0.2, -0.15) is 13.2 Å². The number of thiophene rings is 1. The van der Waals surface area contributed by atoms with Crippen LogP contribution in [0.25, 0.3) is 10.2 Å². The van der Waals surface area contributed by atoms with E-state index in [-0.39, 0.29) is 40.4 Å². The molecular formula is C20H24F3N3O4S. The van der Waals surface area contributed by atoms with Gasteiger partial charge in [-0.05, 0) is 20.8 Å². The molecule has 11 heteroatoms. The second-order valence-corrected chi connectivity index (χ2v) is 8.31. The maximum Gasteiger partial charge on any atom is 0.418 e. The molecule has 0 unspecified atom stereocenters. The molecule has 3 heterocycles. The van der Waals surface area contributed by atoms with Crippen LogP contribution in [0.15, 0.2) is 11.4 Å². The summed E-state index contributed by atoms with van der Waals surface area (Å²) in [4.78, 5) is 30.1. The molecule has 170 valence electrons. The third kappa shape index (κ3) is 4.70. The zero-order valence-corrected chi connectivity index (χ0v) is 18.4. The number of hydrogen-bond acceptors (Lipinski definition) is 6. The number of aromatic nitrogens is 1. The Hall–Kier alpha value is -2.56. The number of carbonyl (C=O) groups is 2. The number of rotatable bonds is 4. The molecular weight excluding hydrogens is 435 g/mol. The molecule has 3 rings (SSSR count). The fraction of sp³-hybridized carbons (Fsp3) is 0.550. The molecule has 0 radical (unpaired) electrons. The standard InChI is InChI=1S/C20H24F3N3O4S/c1-5-29-19(28)26-10(2)6-12(7-11(26)3)30-15-8-14(20(21,22)23)17-16(25-15)13(9-31-17)18(27)24-4/h8-12H,5-7H2,1-4H3,(H,24,27)/t10-,11-/m1/s1. The lowest BCUT2D eigenvalue weighted by Crippen LogP contribution is -2.52. The van der Waals surface area contributed by atoms with Crippen LogP contribution in [0.3, 0.4) is 0 Å². The van der Waals surface area contributed by atoms with Crippen LogP contribution in [-0.2, 0) is 10.9 Å². The van der Waals surface area contributed by atoms with E-state index in [2.05, 4.69) is 10.3 Å². The molecule has 0 spiro atoms. The van der Waals surface area contributed by atoms with Gasteiger partial charge in [-0.1, -0.05) is 0 Å². The van der Waals surface area contributed by atoms with Gasteiger partial charge in [0.25, 0.3) is 5.91 Å². The van der Waals surface area contributed by atoms with Crippen molar-refractivity contribution in [1.29, 1.82) is 0 Å². The number of nitrogens with zero attached hydrogens (tertiary/aromatic N) is 2. The molecule has 1 aliphatic heterocycles. The number of fused-ring (bicyclic) bond motifs is 1. The zero-order chi connectivity index (χ0) is 22.9. The summed E-state index contributed by atoms with van der Waals surface area (Å²) in [6, 6.07) is 0.432. The highest BCUT2D eigenvalue weighted by molar-refractivity contribution is 7.17. The van der Waals surface area contributed by atoms with Crippen molar-refractivity contribution in [3.05, 3.63) is 22.6 Å². The fourth-order valence-corrected chi connectivity index (χ4v) is 4.92. The van der Waals surface area contributed by atoms with E-state index in [9.17, 15) is 22.8 Å².